The molecule has 0 amide bonds. The molecule has 1 unspecified atom stereocenters. The average molecular weight is 457 g/mol. The molecule has 0 spiro atoms. The molecule has 0 aliphatic carbocycles. The van der Waals surface area contributed by atoms with Crippen LogP contribution in [0.25, 0.3) is 0 Å². The number of methoxy groups -OCH3 is 1. The smallest absolute Gasteiger partial charge is 0.193 e. The first kappa shape index (κ1) is 21.2. The summed E-state index contributed by atoms with van der Waals surface area (Å²) in [5.74, 6) is 0.879. The molecule has 1 atom stereocenters. The van der Waals surface area contributed by atoms with Gasteiger partial charge in [0, 0.05) is 0 Å². The van der Waals surface area contributed by atoms with Gasteiger partial charge in [0.1, 0.15) is 5.75 Å². The molecule has 0 heterocycles. The number of anilines is 1. The van der Waals surface area contributed by atoms with Gasteiger partial charge in [-0.25, -0.2) is 0 Å². The van der Waals surface area contributed by atoms with Gasteiger partial charge < -0.3 is 25.6 Å². The number of benzene rings is 2. The van der Waals surface area contributed by atoms with Gasteiger partial charge in [0.2, 0.25) is 0 Å². The minimum atomic E-state index is -0.716. The number of aliphatic imine (C=N–C) groups is 1. The van der Waals surface area contributed by atoms with Crippen molar-refractivity contribution in [2.24, 2.45) is 10.7 Å². The topological polar surface area (TPSA) is 89.1 Å². The Hall–Kier alpha value is -1.84. The normalized spacial score (nSPS) is 12.2. The first-order chi connectivity index (χ1) is 11.7. The van der Waals surface area contributed by atoms with Crippen molar-refractivity contribution < 1.29 is 14.6 Å². The molecule has 0 fully saturated rings. The van der Waals surface area contributed by atoms with Crippen LogP contribution in [-0.2, 0) is 11.3 Å². The number of nitrogens with one attached hydrogen (secondary N) is 1. The Labute approximate surface area is 165 Å². The highest BCUT2D eigenvalue weighted by molar-refractivity contribution is 14.0. The van der Waals surface area contributed by atoms with Crippen molar-refractivity contribution in [1.82, 2.24) is 0 Å². The van der Waals surface area contributed by atoms with E-state index in [1.54, 1.807) is 7.11 Å². The SMILES string of the molecule is COc1ccccc1NC(N)=NCC(O)COCc1ccccc1.I. The number of rotatable bonds is 8. The quantitative estimate of drug-likeness (QED) is 0.322. The fourth-order valence-corrected chi connectivity index (χ4v) is 2.07. The molecule has 2 aromatic rings. The lowest BCUT2D eigenvalue weighted by atomic mass is 10.2. The summed E-state index contributed by atoms with van der Waals surface area (Å²) in [7, 11) is 1.58. The predicted octanol–water partition coefficient (Wildman–Crippen LogP) is 2.62. The van der Waals surface area contributed by atoms with Crippen LogP contribution in [0.2, 0.25) is 0 Å². The van der Waals surface area contributed by atoms with E-state index in [0.717, 1.165) is 11.3 Å². The van der Waals surface area contributed by atoms with E-state index in [1.807, 2.05) is 54.6 Å². The molecule has 4 N–H and O–H groups in total. The van der Waals surface area contributed by atoms with Crippen molar-refractivity contribution in [2.75, 3.05) is 25.6 Å². The van der Waals surface area contributed by atoms with Crippen LogP contribution in [-0.4, -0.2) is 37.4 Å². The van der Waals surface area contributed by atoms with Crippen molar-refractivity contribution in [1.29, 1.82) is 0 Å². The van der Waals surface area contributed by atoms with E-state index in [9.17, 15) is 5.11 Å². The van der Waals surface area contributed by atoms with Crippen molar-refractivity contribution in [3.63, 3.8) is 0 Å². The predicted molar refractivity (Wildman–Crippen MR) is 111 cm³/mol. The van der Waals surface area contributed by atoms with Crippen LogP contribution in [0, 0.1) is 0 Å². The van der Waals surface area contributed by atoms with Gasteiger partial charge in [-0.15, -0.1) is 24.0 Å². The third-order valence-electron chi connectivity index (χ3n) is 3.26. The number of halogens is 1. The molecule has 25 heavy (non-hydrogen) atoms. The molecule has 0 aliphatic heterocycles. The van der Waals surface area contributed by atoms with E-state index in [0.29, 0.717) is 12.4 Å². The fourth-order valence-electron chi connectivity index (χ4n) is 2.07. The highest BCUT2D eigenvalue weighted by Crippen LogP contribution is 2.22. The zero-order chi connectivity index (χ0) is 17.2. The summed E-state index contributed by atoms with van der Waals surface area (Å²) in [5, 5.41) is 12.9. The second-order valence-electron chi connectivity index (χ2n) is 5.21. The Balaban J connectivity index is 0.00000312. The number of guanidine groups is 1. The highest BCUT2D eigenvalue weighted by atomic mass is 127. The van der Waals surface area contributed by atoms with E-state index in [1.165, 1.54) is 0 Å². The second kappa shape index (κ2) is 11.7. The molecular formula is C18H24IN3O3. The zero-order valence-electron chi connectivity index (χ0n) is 14.1. The van der Waals surface area contributed by atoms with Crippen molar-refractivity contribution >= 4 is 35.6 Å². The van der Waals surface area contributed by atoms with E-state index in [2.05, 4.69) is 10.3 Å². The van der Waals surface area contributed by atoms with Crippen LogP contribution in [0.5, 0.6) is 5.75 Å². The zero-order valence-corrected chi connectivity index (χ0v) is 16.4. The Morgan fingerprint density at radius 2 is 1.84 bits per heavy atom. The van der Waals surface area contributed by atoms with Gasteiger partial charge in [0.15, 0.2) is 5.96 Å². The van der Waals surface area contributed by atoms with Gasteiger partial charge in [-0.3, -0.25) is 4.99 Å². The van der Waals surface area contributed by atoms with Crippen molar-refractivity contribution in [3.05, 3.63) is 60.2 Å². The monoisotopic (exact) mass is 457 g/mol. The van der Waals surface area contributed by atoms with Crippen LogP contribution in [0.15, 0.2) is 59.6 Å². The van der Waals surface area contributed by atoms with Gasteiger partial charge in [-0.05, 0) is 17.7 Å². The molecule has 0 bridgehead atoms. The molecule has 2 aromatic carbocycles. The Kier molecular flexibility index (Phi) is 9.90. The molecule has 2 rings (SSSR count). The lowest BCUT2D eigenvalue weighted by molar-refractivity contribution is 0.0331. The van der Waals surface area contributed by atoms with E-state index in [4.69, 9.17) is 15.2 Å². The maximum Gasteiger partial charge on any atom is 0.193 e. The largest absolute Gasteiger partial charge is 0.495 e. The fraction of sp³-hybridized carbons (Fsp3) is 0.278. The summed E-state index contributed by atoms with van der Waals surface area (Å²) in [6.07, 6.45) is -0.716. The Bertz CT molecular complexity index is 653. The Morgan fingerprint density at radius 1 is 1.16 bits per heavy atom. The molecule has 0 saturated heterocycles. The van der Waals surface area contributed by atoms with Crippen LogP contribution in [0.1, 0.15) is 5.56 Å². The van der Waals surface area contributed by atoms with E-state index < -0.39 is 6.10 Å². The van der Waals surface area contributed by atoms with Crippen LogP contribution >= 0.6 is 24.0 Å². The molecule has 7 heteroatoms. The highest BCUT2D eigenvalue weighted by Gasteiger charge is 2.06. The molecule has 0 aromatic heterocycles. The van der Waals surface area contributed by atoms with Gasteiger partial charge >= 0.3 is 0 Å². The van der Waals surface area contributed by atoms with Crippen LogP contribution < -0.4 is 15.8 Å². The molecule has 0 aliphatic rings. The molecule has 0 radical (unpaired) electrons. The maximum absolute atomic E-state index is 9.90. The molecule has 136 valence electrons. The second-order valence-corrected chi connectivity index (χ2v) is 5.21. The Morgan fingerprint density at radius 3 is 2.56 bits per heavy atom. The summed E-state index contributed by atoms with van der Waals surface area (Å²) in [4.78, 5) is 4.12. The first-order valence-corrected chi connectivity index (χ1v) is 7.68. The number of para-hydroxylation sites is 2. The number of nitrogens with two attached hydrogens (primary N) is 1. The summed E-state index contributed by atoms with van der Waals surface area (Å²) in [5.41, 5.74) is 7.61. The molecule has 6 nitrogen and oxygen atoms in total. The lowest BCUT2D eigenvalue weighted by Crippen LogP contribution is -2.26. The number of hydrogen-bond acceptors (Lipinski definition) is 4. The third kappa shape index (κ3) is 7.72. The van der Waals surface area contributed by atoms with Gasteiger partial charge in [-0.2, -0.15) is 0 Å². The van der Waals surface area contributed by atoms with Crippen LogP contribution in [0.3, 0.4) is 0 Å². The first-order valence-electron chi connectivity index (χ1n) is 7.68. The van der Waals surface area contributed by atoms with Crippen molar-refractivity contribution in [2.45, 2.75) is 12.7 Å². The number of ether oxygens (including phenoxy) is 2. The van der Waals surface area contributed by atoms with Gasteiger partial charge in [-0.1, -0.05) is 42.5 Å². The van der Waals surface area contributed by atoms with Crippen LogP contribution in [0.4, 0.5) is 5.69 Å². The number of aliphatic hydroxyl groups excluding tert-OH is 1. The van der Waals surface area contributed by atoms with E-state index in [-0.39, 0.29) is 43.1 Å². The van der Waals surface area contributed by atoms with Gasteiger partial charge in [0.25, 0.3) is 0 Å². The lowest BCUT2D eigenvalue weighted by Gasteiger charge is -2.12. The minimum absolute atomic E-state index is 0. The summed E-state index contributed by atoms with van der Waals surface area (Å²) in [6.45, 7) is 0.805. The number of nitrogens with zero attached hydrogens (tertiary/aromatic N) is 1. The van der Waals surface area contributed by atoms with Gasteiger partial charge in [0.05, 0.1) is 38.7 Å². The summed E-state index contributed by atoms with van der Waals surface area (Å²) in [6, 6.07) is 17.2. The summed E-state index contributed by atoms with van der Waals surface area (Å²) >= 11 is 0. The average Bonchev–Trinajstić information content (AvgIpc) is 2.61. The van der Waals surface area contributed by atoms with Crippen molar-refractivity contribution in [3.8, 4) is 5.75 Å². The number of aliphatic hydroxyl groups is 1. The summed E-state index contributed by atoms with van der Waals surface area (Å²) < 4.78 is 10.7. The third-order valence-corrected chi connectivity index (χ3v) is 3.26. The van der Waals surface area contributed by atoms with E-state index >= 15 is 0 Å². The standard InChI is InChI=1S/C18H23N3O3.HI/c1-23-17-10-6-5-9-16(17)21-18(19)20-11-15(22)13-24-12-14-7-3-2-4-8-14;/h2-10,15,22H,11-13H2,1H3,(H3,19,20,21);1H. The maximum atomic E-state index is 9.90. The molecule has 0 saturated carbocycles. The number of hydrogen-bond donors (Lipinski definition) is 3. The molecular weight excluding hydrogens is 433 g/mol. The minimum Gasteiger partial charge on any atom is -0.495 e.